The van der Waals surface area contributed by atoms with Crippen LogP contribution in [0, 0.1) is 5.92 Å². The van der Waals surface area contributed by atoms with Crippen LogP contribution in [0.25, 0.3) is 0 Å². The standard InChI is InChI=1S/C13H27N3O2/c1-12(2)11-14-13(17)16-8-6-15(7-9-16)5-4-10-18-3/h12H,4-11H2,1-3H3,(H,14,17). The van der Waals surface area contributed by atoms with Crippen LogP contribution in [0.15, 0.2) is 0 Å². The van der Waals surface area contributed by atoms with E-state index in [0.717, 1.165) is 52.3 Å². The normalized spacial score (nSPS) is 17.2. The first-order valence-corrected chi connectivity index (χ1v) is 6.87. The molecule has 0 aliphatic carbocycles. The Bertz CT molecular complexity index is 238. The van der Waals surface area contributed by atoms with E-state index in [4.69, 9.17) is 4.74 Å². The Kier molecular flexibility index (Phi) is 7.05. The van der Waals surface area contributed by atoms with Gasteiger partial charge in [0.25, 0.3) is 0 Å². The van der Waals surface area contributed by atoms with Crippen LogP contribution in [0.2, 0.25) is 0 Å². The Morgan fingerprint density at radius 3 is 2.50 bits per heavy atom. The van der Waals surface area contributed by atoms with Crippen molar-refractivity contribution in [3.63, 3.8) is 0 Å². The summed E-state index contributed by atoms with van der Waals surface area (Å²) >= 11 is 0. The molecule has 0 aromatic carbocycles. The second kappa shape index (κ2) is 8.32. The fraction of sp³-hybridized carbons (Fsp3) is 0.923. The first-order chi connectivity index (χ1) is 8.63. The lowest BCUT2D eigenvalue weighted by atomic mass is 10.2. The van der Waals surface area contributed by atoms with Crippen LogP contribution in [0.4, 0.5) is 4.79 Å². The Labute approximate surface area is 110 Å². The number of nitrogens with zero attached hydrogens (tertiary/aromatic N) is 2. The number of methoxy groups -OCH3 is 1. The summed E-state index contributed by atoms with van der Waals surface area (Å²) in [5.41, 5.74) is 0. The van der Waals surface area contributed by atoms with Gasteiger partial charge in [-0.05, 0) is 12.3 Å². The van der Waals surface area contributed by atoms with Gasteiger partial charge in [0, 0.05) is 53.0 Å². The minimum Gasteiger partial charge on any atom is -0.385 e. The van der Waals surface area contributed by atoms with Gasteiger partial charge in [0.05, 0.1) is 0 Å². The number of hydrogen-bond acceptors (Lipinski definition) is 3. The fourth-order valence-corrected chi connectivity index (χ4v) is 2.01. The van der Waals surface area contributed by atoms with E-state index in [9.17, 15) is 4.79 Å². The maximum Gasteiger partial charge on any atom is 0.317 e. The van der Waals surface area contributed by atoms with Gasteiger partial charge in [0.1, 0.15) is 0 Å². The van der Waals surface area contributed by atoms with Gasteiger partial charge in [-0.25, -0.2) is 4.79 Å². The topological polar surface area (TPSA) is 44.8 Å². The Hall–Kier alpha value is -0.810. The lowest BCUT2D eigenvalue weighted by Crippen LogP contribution is -2.52. The van der Waals surface area contributed by atoms with Crippen molar-refractivity contribution in [2.24, 2.45) is 5.92 Å². The zero-order valence-corrected chi connectivity index (χ0v) is 11.9. The molecule has 0 spiro atoms. The predicted molar refractivity (Wildman–Crippen MR) is 72.7 cm³/mol. The molecular weight excluding hydrogens is 230 g/mol. The highest BCUT2D eigenvalue weighted by molar-refractivity contribution is 5.74. The van der Waals surface area contributed by atoms with E-state index in [2.05, 4.69) is 24.1 Å². The summed E-state index contributed by atoms with van der Waals surface area (Å²) < 4.78 is 5.05. The first-order valence-electron chi connectivity index (χ1n) is 6.87. The molecule has 0 bridgehead atoms. The average Bonchev–Trinajstić information content (AvgIpc) is 2.37. The third-order valence-electron chi connectivity index (χ3n) is 3.14. The molecule has 0 aromatic heterocycles. The number of nitrogens with one attached hydrogen (secondary N) is 1. The van der Waals surface area contributed by atoms with Crippen LogP contribution < -0.4 is 5.32 Å². The van der Waals surface area contributed by atoms with Crippen LogP contribution >= 0.6 is 0 Å². The minimum absolute atomic E-state index is 0.0836. The largest absolute Gasteiger partial charge is 0.385 e. The van der Waals surface area contributed by atoms with Gasteiger partial charge in [0.2, 0.25) is 0 Å². The van der Waals surface area contributed by atoms with Crippen LogP contribution in [0.3, 0.4) is 0 Å². The molecule has 0 unspecified atom stereocenters. The third kappa shape index (κ3) is 5.69. The van der Waals surface area contributed by atoms with E-state index in [-0.39, 0.29) is 6.03 Å². The lowest BCUT2D eigenvalue weighted by Gasteiger charge is -2.34. The van der Waals surface area contributed by atoms with Crippen molar-refractivity contribution in [2.45, 2.75) is 20.3 Å². The highest BCUT2D eigenvalue weighted by Gasteiger charge is 2.20. The number of hydrogen-bond donors (Lipinski definition) is 1. The molecule has 2 amide bonds. The molecule has 1 rings (SSSR count). The zero-order valence-electron chi connectivity index (χ0n) is 11.9. The molecule has 0 radical (unpaired) electrons. The van der Waals surface area contributed by atoms with Gasteiger partial charge in [-0.1, -0.05) is 13.8 Å². The third-order valence-corrected chi connectivity index (χ3v) is 3.14. The molecule has 1 N–H and O–H groups in total. The van der Waals surface area contributed by atoms with Crippen molar-refractivity contribution in [1.82, 2.24) is 15.1 Å². The lowest BCUT2D eigenvalue weighted by molar-refractivity contribution is 0.124. The zero-order chi connectivity index (χ0) is 13.4. The van der Waals surface area contributed by atoms with Crippen LogP contribution in [0.5, 0.6) is 0 Å². The first kappa shape index (κ1) is 15.2. The second-order valence-electron chi connectivity index (χ2n) is 5.25. The Balaban J connectivity index is 2.16. The Morgan fingerprint density at radius 1 is 1.28 bits per heavy atom. The van der Waals surface area contributed by atoms with Crippen LogP contribution in [-0.2, 0) is 4.74 Å². The van der Waals surface area contributed by atoms with Crippen molar-refractivity contribution < 1.29 is 9.53 Å². The molecule has 1 heterocycles. The number of amides is 2. The number of carbonyl (C=O) groups excluding carboxylic acids is 1. The summed E-state index contributed by atoms with van der Waals surface area (Å²) in [7, 11) is 1.73. The van der Waals surface area contributed by atoms with Crippen LogP contribution in [-0.4, -0.2) is 68.8 Å². The maximum atomic E-state index is 11.8. The van der Waals surface area contributed by atoms with E-state index in [1.165, 1.54) is 0 Å². The maximum absolute atomic E-state index is 11.8. The molecule has 0 aromatic rings. The Morgan fingerprint density at radius 2 is 1.94 bits per heavy atom. The number of rotatable bonds is 6. The molecule has 1 aliphatic rings. The second-order valence-corrected chi connectivity index (χ2v) is 5.25. The highest BCUT2D eigenvalue weighted by Crippen LogP contribution is 2.03. The summed E-state index contributed by atoms with van der Waals surface area (Å²) in [6.07, 6.45) is 1.07. The molecule has 106 valence electrons. The van der Waals surface area contributed by atoms with Gasteiger partial charge in [-0.2, -0.15) is 0 Å². The van der Waals surface area contributed by atoms with E-state index >= 15 is 0 Å². The average molecular weight is 257 g/mol. The molecule has 18 heavy (non-hydrogen) atoms. The molecule has 1 aliphatic heterocycles. The van der Waals surface area contributed by atoms with Crippen LogP contribution in [0.1, 0.15) is 20.3 Å². The summed E-state index contributed by atoms with van der Waals surface area (Å²) in [4.78, 5) is 16.2. The quantitative estimate of drug-likeness (QED) is 0.722. The van der Waals surface area contributed by atoms with Crippen molar-refractivity contribution in [3.8, 4) is 0 Å². The number of ether oxygens (including phenoxy) is 1. The summed E-state index contributed by atoms with van der Waals surface area (Å²) in [6, 6.07) is 0.0836. The molecule has 5 heteroatoms. The van der Waals surface area contributed by atoms with E-state index in [1.807, 2.05) is 4.90 Å². The number of carbonyl (C=O) groups is 1. The number of urea groups is 1. The molecule has 1 fully saturated rings. The van der Waals surface area contributed by atoms with Crippen molar-refractivity contribution in [3.05, 3.63) is 0 Å². The van der Waals surface area contributed by atoms with Crippen molar-refractivity contribution in [1.29, 1.82) is 0 Å². The smallest absolute Gasteiger partial charge is 0.317 e. The molecular formula is C13H27N3O2. The summed E-state index contributed by atoms with van der Waals surface area (Å²) in [6.45, 7) is 10.4. The highest BCUT2D eigenvalue weighted by atomic mass is 16.5. The summed E-state index contributed by atoms with van der Waals surface area (Å²) in [5, 5.41) is 2.97. The molecule has 0 atom stereocenters. The van der Waals surface area contributed by atoms with E-state index in [1.54, 1.807) is 7.11 Å². The van der Waals surface area contributed by atoms with Crippen molar-refractivity contribution in [2.75, 3.05) is 53.0 Å². The van der Waals surface area contributed by atoms with Gasteiger partial charge in [-0.15, -0.1) is 0 Å². The molecule has 1 saturated heterocycles. The fourth-order valence-electron chi connectivity index (χ4n) is 2.01. The van der Waals surface area contributed by atoms with Gasteiger partial charge < -0.3 is 15.0 Å². The van der Waals surface area contributed by atoms with Gasteiger partial charge in [0.15, 0.2) is 0 Å². The monoisotopic (exact) mass is 257 g/mol. The van der Waals surface area contributed by atoms with Gasteiger partial charge in [-0.3, -0.25) is 4.90 Å². The predicted octanol–water partition coefficient (Wildman–Crippen LogP) is 1.01. The van der Waals surface area contributed by atoms with Gasteiger partial charge >= 0.3 is 6.03 Å². The minimum atomic E-state index is 0.0836. The SMILES string of the molecule is COCCCN1CCN(C(=O)NCC(C)C)CC1. The molecule has 5 nitrogen and oxygen atoms in total. The molecule has 0 saturated carbocycles. The van der Waals surface area contributed by atoms with E-state index in [0.29, 0.717) is 5.92 Å². The van der Waals surface area contributed by atoms with Crippen molar-refractivity contribution >= 4 is 6.03 Å². The van der Waals surface area contributed by atoms with E-state index < -0.39 is 0 Å². The number of piperazine rings is 1. The summed E-state index contributed by atoms with van der Waals surface area (Å²) in [5.74, 6) is 0.504.